The molecule has 2 N–H and O–H groups in total. The van der Waals surface area contributed by atoms with Crippen molar-refractivity contribution in [2.75, 3.05) is 18.8 Å². The van der Waals surface area contributed by atoms with Crippen molar-refractivity contribution < 1.29 is 17.7 Å². The van der Waals surface area contributed by atoms with Crippen molar-refractivity contribution in [2.24, 2.45) is 16.5 Å². The van der Waals surface area contributed by atoms with E-state index in [1.165, 1.54) is 5.56 Å². The second-order valence-corrected chi connectivity index (χ2v) is 11.9. The number of nitrogens with zero attached hydrogens (tertiary/aromatic N) is 4. The van der Waals surface area contributed by atoms with Crippen LogP contribution in [0, 0.1) is 18.3 Å². The second kappa shape index (κ2) is 9.05. The van der Waals surface area contributed by atoms with Gasteiger partial charge in [0.2, 0.25) is 21.8 Å². The van der Waals surface area contributed by atoms with Gasteiger partial charge in [0.1, 0.15) is 0 Å². The van der Waals surface area contributed by atoms with Crippen molar-refractivity contribution >= 4 is 15.9 Å². The fourth-order valence-electron chi connectivity index (χ4n) is 6.52. The van der Waals surface area contributed by atoms with E-state index in [1.54, 1.807) is 6.92 Å². The van der Waals surface area contributed by atoms with Crippen LogP contribution in [0.5, 0.6) is 0 Å². The first-order valence-corrected chi connectivity index (χ1v) is 13.8. The van der Waals surface area contributed by atoms with E-state index in [2.05, 4.69) is 27.2 Å². The van der Waals surface area contributed by atoms with Gasteiger partial charge in [-0.05, 0) is 50.0 Å². The van der Waals surface area contributed by atoms with Gasteiger partial charge in [0.05, 0.1) is 17.7 Å². The van der Waals surface area contributed by atoms with Crippen LogP contribution in [0.4, 0.5) is 0 Å². The van der Waals surface area contributed by atoms with Crippen LogP contribution in [0.15, 0.2) is 34.9 Å². The summed E-state index contributed by atoms with van der Waals surface area (Å²) in [5.41, 5.74) is 0.665. The third-order valence-corrected chi connectivity index (χ3v) is 8.87. The highest BCUT2D eigenvalue weighted by Gasteiger charge is 2.60. The van der Waals surface area contributed by atoms with E-state index in [0.717, 1.165) is 19.3 Å². The number of amides is 1. The zero-order valence-electron chi connectivity index (χ0n) is 19.6. The molecule has 0 radical (unpaired) electrons. The van der Waals surface area contributed by atoms with Gasteiger partial charge in [0.15, 0.2) is 5.82 Å². The van der Waals surface area contributed by atoms with Crippen LogP contribution in [0.25, 0.3) is 0 Å². The summed E-state index contributed by atoms with van der Waals surface area (Å²) in [5, 5.41) is 9.36. The first kappa shape index (κ1) is 23.4. The second-order valence-electron chi connectivity index (χ2n) is 10.2. The SMILES string of the molecule is Cc1nc(CN2[C@@H]3CC[C@H]2[C@@](Cc2ccccc2)(C(=O)N2CCC(CS(N)(=O)=O)CC2)C3)no1. The molecule has 10 heteroatoms. The lowest BCUT2D eigenvalue weighted by molar-refractivity contribution is -0.145. The van der Waals surface area contributed by atoms with Crippen LogP contribution in [0.2, 0.25) is 0 Å². The van der Waals surface area contributed by atoms with E-state index in [9.17, 15) is 13.2 Å². The van der Waals surface area contributed by atoms with E-state index in [0.29, 0.717) is 56.7 Å². The number of hydrogen-bond donors (Lipinski definition) is 1. The largest absolute Gasteiger partial charge is 0.342 e. The molecule has 34 heavy (non-hydrogen) atoms. The van der Waals surface area contributed by atoms with Crippen LogP contribution in [0.3, 0.4) is 0 Å². The van der Waals surface area contributed by atoms with Gasteiger partial charge in [0.25, 0.3) is 0 Å². The normalized spacial score (nSPS) is 28.0. The Morgan fingerprint density at radius 3 is 2.56 bits per heavy atom. The van der Waals surface area contributed by atoms with Crippen LogP contribution < -0.4 is 5.14 Å². The van der Waals surface area contributed by atoms with Crippen molar-refractivity contribution in [3.8, 4) is 0 Å². The Labute approximate surface area is 200 Å². The number of fused-ring (bicyclic) bond motifs is 2. The Morgan fingerprint density at radius 1 is 1.18 bits per heavy atom. The van der Waals surface area contributed by atoms with Gasteiger partial charge in [-0.15, -0.1) is 0 Å². The van der Waals surface area contributed by atoms with Crippen molar-refractivity contribution in [1.82, 2.24) is 19.9 Å². The molecule has 4 heterocycles. The number of aromatic nitrogens is 2. The number of rotatable bonds is 7. The number of hydrogen-bond acceptors (Lipinski definition) is 7. The highest BCUT2D eigenvalue weighted by molar-refractivity contribution is 7.89. The summed E-state index contributed by atoms with van der Waals surface area (Å²) in [6.45, 7) is 3.54. The Bertz CT molecular complexity index is 1130. The first-order valence-electron chi connectivity index (χ1n) is 12.1. The van der Waals surface area contributed by atoms with Crippen molar-refractivity contribution in [1.29, 1.82) is 0 Å². The predicted molar refractivity (Wildman–Crippen MR) is 126 cm³/mol. The van der Waals surface area contributed by atoms with Gasteiger partial charge in [-0.1, -0.05) is 35.5 Å². The van der Waals surface area contributed by atoms with Crippen LogP contribution in [0.1, 0.15) is 49.4 Å². The number of carbonyl (C=O) groups excluding carboxylic acids is 1. The summed E-state index contributed by atoms with van der Waals surface area (Å²) >= 11 is 0. The van der Waals surface area contributed by atoms with Crippen LogP contribution in [-0.2, 0) is 27.8 Å². The van der Waals surface area contributed by atoms with E-state index in [4.69, 9.17) is 9.66 Å². The summed E-state index contributed by atoms with van der Waals surface area (Å²) in [4.78, 5) is 23.0. The molecule has 5 rings (SSSR count). The van der Waals surface area contributed by atoms with Crippen LogP contribution in [-0.4, -0.2) is 65.2 Å². The molecule has 0 unspecified atom stereocenters. The third-order valence-electron chi connectivity index (χ3n) is 7.93. The number of benzene rings is 1. The lowest BCUT2D eigenvalue weighted by atomic mass is 9.68. The molecule has 1 amide bonds. The number of piperidine rings is 1. The summed E-state index contributed by atoms with van der Waals surface area (Å²) in [6.07, 6.45) is 4.91. The lowest BCUT2D eigenvalue weighted by Crippen LogP contribution is -2.54. The standard InChI is InChI=1S/C24H33N5O4S/c1-17-26-22(27-33-17)15-29-20-7-8-21(29)24(14-20,13-18-5-3-2-4-6-18)23(30)28-11-9-19(10-12-28)16-34(25,31)32/h2-6,19-21H,7-16H2,1H3,(H2,25,31,32)/t20-,21+,24+/m1/s1. The maximum atomic E-state index is 14.2. The maximum Gasteiger partial charge on any atom is 0.230 e. The average molecular weight is 488 g/mol. The molecule has 3 fully saturated rings. The monoisotopic (exact) mass is 487 g/mol. The van der Waals surface area contributed by atoms with Crippen molar-refractivity contribution in [2.45, 2.75) is 64.1 Å². The molecule has 9 nitrogen and oxygen atoms in total. The van der Waals surface area contributed by atoms with Gasteiger partial charge in [0, 0.05) is 32.1 Å². The summed E-state index contributed by atoms with van der Waals surface area (Å²) in [6, 6.07) is 10.7. The maximum absolute atomic E-state index is 14.2. The molecule has 3 aliphatic rings. The Morgan fingerprint density at radius 2 is 1.91 bits per heavy atom. The quantitative estimate of drug-likeness (QED) is 0.632. The molecule has 1 aromatic carbocycles. The minimum atomic E-state index is -3.50. The van der Waals surface area contributed by atoms with Gasteiger partial charge in [-0.3, -0.25) is 9.69 Å². The van der Waals surface area contributed by atoms with Crippen molar-refractivity contribution in [3.05, 3.63) is 47.6 Å². The molecule has 184 valence electrons. The summed E-state index contributed by atoms with van der Waals surface area (Å²) in [7, 11) is -3.50. The Kier molecular flexibility index (Phi) is 6.24. The fraction of sp³-hybridized carbons (Fsp3) is 0.625. The summed E-state index contributed by atoms with van der Waals surface area (Å²) < 4.78 is 28.2. The highest BCUT2D eigenvalue weighted by Crippen LogP contribution is 2.53. The average Bonchev–Trinajstić information content (AvgIpc) is 3.47. The van der Waals surface area contributed by atoms with E-state index >= 15 is 0 Å². The molecule has 3 aliphatic heterocycles. The molecular weight excluding hydrogens is 454 g/mol. The minimum absolute atomic E-state index is 0.00716. The molecule has 3 saturated heterocycles. The van der Waals surface area contributed by atoms with Crippen molar-refractivity contribution in [3.63, 3.8) is 0 Å². The number of sulfonamides is 1. The zero-order valence-corrected chi connectivity index (χ0v) is 20.4. The molecule has 2 bridgehead atoms. The Hall–Kier alpha value is -2.30. The molecular formula is C24H33N5O4S. The van der Waals surface area contributed by atoms with Gasteiger partial charge >= 0.3 is 0 Å². The smallest absolute Gasteiger partial charge is 0.230 e. The molecule has 0 aliphatic carbocycles. The summed E-state index contributed by atoms with van der Waals surface area (Å²) in [5.74, 6) is 1.43. The minimum Gasteiger partial charge on any atom is -0.342 e. The fourth-order valence-corrected chi connectivity index (χ4v) is 7.51. The zero-order chi connectivity index (χ0) is 23.9. The first-order chi connectivity index (χ1) is 16.2. The molecule has 1 aromatic heterocycles. The van der Waals surface area contributed by atoms with E-state index in [1.807, 2.05) is 23.1 Å². The van der Waals surface area contributed by atoms with Crippen LogP contribution >= 0.6 is 0 Å². The third kappa shape index (κ3) is 4.63. The lowest BCUT2D eigenvalue weighted by Gasteiger charge is -2.42. The molecule has 2 aromatic rings. The topological polar surface area (TPSA) is 123 Å². The predicted octanol–water partition coefficient (Wildman–Crippen LogP) is 1.87. The number of aryl methyl sites for hydroxylation is 1. The Balaban J connectivity index is 1.38. The van der Waals surface area contributed by atoms with Gasteiger partial charge in [-0.2, -0.15) is 4.98 Å². The number of carbonyl (C=O) groups is 1. The number of likely N-dealkylation sites (tertiary alicyclic amines) is 1. The van der Waals surface area contributed by atoms with E-state index in [-0.39, 0.29) is 23.6 Å². The number of nitrogens with two attached hydrogens (primary N) is 1. The van der Waals surface area contributed by atoms with Gasteiger partial charge < -0.3 is 9.42 Å². The van der Waals surface area contributed by atoms with Gasteiger partial charge in [-0.25, -0.2) is 13.6 Å². The molecule has 0 spiro atoms. The molecule has 3 atom stereocenters. The number of primary sulfonamides is 1. The molecule has 0 saturated carbocycles. The van der Waals surface area contributed by atoms with E-state index < -0.39 is 15.4 Å². The highest BCUT2D eigenvalue weighted by atomic mass is 32.2.